The first-order valence-corrected chi connectivity index (χ1v) is 11.2. The minimum Gasteiger partial charge on any atom is -0.497 e. The molecule has 8 nitrogen and oxygen atoms in total. The number of nitrogens with one attached hydrogen (secondary N) is 2. The molecule has 9 heteroatoms. The lowest BCUT2D eigenvalue weighted by molar-refractivity contribution is -0.121. The molecular weight excluding hydrogens is 444 g/mol. The molecule has 0 spiro atoms. The molecule has 1 saturated carbocycles. The van der Waals surface area contributed by atoms with Crippen LogP contribution in [0.4, 0.5) is 11.5 Å². The van der Waals surface area contributed by atoms with Gasteiger partial charge in [-0.05, 0) is 64.0 Å². The van der Waals surface area contributed by atoms with Gasteiger partial charge in [0.1, 0.15) is 22.8 Å². The number of hydrogen-bond donors (Lipinski definition) is 2. The first kappa shape index (κ1) is 23.1. The van der Waals surface area contributed by atoms with Crippen LogP contribution in [0.15, 0.2) is 40.9 Å². The van der Waals surface area contributed by atoms with Crippen LogP contribution >= 0.6 is 11.6 Å². The number of benzene rings is 1. The van der Waals surface area contributed by atoms with Crippen molar-refractivity contribution in [3.05, 3.63) is 47.3 Å². The highest BCUT2D eigenvalue weighted by molar-refractivity contribution is 6.30. The Morgan fingerprint density at radius 2 is 1.88 bits per heavy atom. The van der Waals surface area contributed by atoms with Crippen molar-refractivity contribution in [1.82, 2.24) is 9.88 Å². The molecule has 0 unspecified atom stereocenters. The van der Waals surface area contributed by atoms with Gasteiger partial charge < -0.3 is 24.7 Å². The quantitative estimate of drug-likeness (QED) is 0.537. The van der Waals surface area contributed by atoms with Gasteiger partial charge in [0.05, 0.1) is 12.1 Å². The zero-order valence-electron chi connectivity index (χ0n) is 18.9. The van der Waals surface area contributed by atoms with Crippen molar-refractivity contribution < 1.29 is 18.7 Å². The van der Waals surface area contributed by atoms with E-state index in [-0.39, 0.29) is 17.6 Å². The first-order chi connectivity index (χ1) is 15.9. The zero-order chi connectivity index (χ0) is 23.5. The molecule has 3 aromatic rings. The SMILES string of the molecule is COc1ccc2c(NC(=O)C3CCC(N(C)C)CC3)c(C(=O)Nc3ccc(Cl)cn3)oc2c1. The fraction of sp³-hybridized carbons (Fsp3) is 0.375. The molecule has 0 aliphatic heterocycles. The third-order valence-corrected chi connectivity index (χ3v) is 6.34. The van der Waals surface area contributed by atoms with Crippen LogP contribution in [0.2, 0.25) is 5.02 Å². The van der Waals surface area contributed by atoms with Crippen LogP contribution in [0.3, 0.4) is 0 Å². The molecule has 2 aromatic heterocycles. The number of carbonyl (C=O) groups is 2. The predicted molar refractivity (Wildman–Crippen MR) is 128 cm³/mol. The number of ether oxygens (including phenoxy) is 1. The number of pyridine rings is 1. The minimum absolute atomic E-state index is 0.00494. The molecule has 1 aliphatic rings. The lowest BCUT2D eigenvalue weighted by Gasteiger charge is -2.31. The Kier molecular flexibility index (Phi) is 6.85. The van der Waals surface area contributed by atoms with Gasteiger partial charge in [0.15, 0.2) is 0 Å². The van der Waals surface area contributed by atoms with Crippen molar-refractivity contribution in [2.45, 2.75) is 31.7 Å². The largest absolute Gasteiger partial charge is 0.497 e. The van der Waals surface area contributed by atoms with Gasteiger partial charge in [-0.3, -0.25) is 9.59 Å². The van der Waals surface area contributed by atoms with E-state index < -0.39 is 5.91 Å². The van der Waals surface area contributed by atoms with Crippen LogP contribution in [0.25, 0.3) is 11.0 Å². The number of halogens is 1. The monoisotopic (exact) mass is 470 g/mol. The van der Waals surface area contributed by atoms with Gasteiger partial charge in [-0.25, -0.2) is 4.98 Å². The van der Waals surface area contributed by atoms with Crippen molar-refractivity contribution in [2.75, 3.05) is 31.8 Å². The lowest BCUT2D eigenvalue weighted by atomic mass is 9.85. The molecule has 2 N–H and O–H groups in total. The Morgan fingerprint density at radius 1 is 1.12 bits per heavy atom. The van der Waals surface area contributed by atoms with Gasteiger partial charge >= 0.3 is 0 Å². The maximum absolute atomic E-state index is 13.1. The van der Waals surface area contributed by atoms with Gasteiger partial charge in [0, 0.05) is 29.6 Å². The summed E-state index contributed by atoms with van der Waals surface area (Å²) in [5.74, 6) is 0.170. The van der Waals surface area contributed by atoms with Gasteiger partial charge in [-0.2, -0.15) is 0 Å². The van der Waals surface area contributed by atoms with Gasteiger partial charge in [-0.15, -0.1) is 0 Å². The van der Waals surface area contributed by atoms with E-state index in [1.54, 1.807) is 37.4 Å². The van der Waals surface area contributed by atoms with E-state index >= 15 is 0 Å². The molecule has 0 bridgehead atoms. The predicted octanol–water partition coefficient (Wildman–Crippen LogP) is 4.80. The van der Waals surface area contributed by atoms with Gasteiger partial charge in [-0.1, -0.05) is 11.6 Å². The Morgan fingerprint density at radius 3 is 2.52 bits per heavy atom. The molecule has 0 atom stereocenters. The molecule has 1 aromatic carbocycles. The number of methoxy groups -OCH3 is 1. The molecule has 0 saturated heterocycles. The standard InChI is InChI=1S/C24H27ClN4O4/c1-29(2)16-7-4-14(5-8-16)23(30)28-21-18-10-9-17(32-3)12-19(18)33-22(21)24(31)27-20-11-6-15(25)13-26-20/h6,9-14,16H,4-5,7-8H2,1-3H3,(H,28,30)(H,26,27,31). The van der Waals surface area contributed by atoms with E-state index in [1.165, 1.54) is 6.20 Å². The van der Waals surface area contributed by atoms with Crippen LogP contribution in [0.1, 0.15) is 36.2 Å². The van der Waals surface area contributed by atoms with Crippen molar-refractivity contribution in [1.29, 1.82) is 0 Å². The van der Waals surface area contributed by atoms with E-state index in [2.05, 4.69) is 34.6 Å². The maximum Gasteiger partial charge on any atom is 0.294 e. The molecule has 2 amide bonds. The number of carbonyl (C=O) groups excluding carboxylic acids is 2. The highest BCUT2D eigenvalue weighted by atomic mass is 35.5. The number of amides is 2. The summed E-state index contributed by atoms with van der Waals surface area (Å²) in [6.07, 6.45) is 4.96. The van der Waals surface area contributed by atoms with E-state index in [0.717, 1.165) is 25.7 Å². The van der Waals surface area contributed by atoms with Crippen LogP contribution in [-0.4, -0.2) is 48.9 Å². The Bertz CT molecular complexity index is 1150. The van der Waals surface area contributed by atoms with E-state index in [9.17, 15) is 9.59 Å². The number of nitrogens with zero attached hydrogens (tertiary/aromatic N) is 2. The molecule has 0 radical (unpaired) electrons. The summed E-state index contributed by atoms with van der Waals surface area (Å²) >= 11 is 5.87. The highest BCUT2D eigenvalue weighted by Gasteiger charge is 2.30. The summed E-state index contributed by atoms with van der Waals surface area (Å²) in [5.41, 5.74) is 0.786. The third-order valence-electron chi connectivity index (χ3n) is 6.12. The van der Waals surface area contributed by atoms with Crippen molar-refractivity contribution in [3.8, 4) is 5.75 Å². The molecule has 33 heavy (non-hydrogen) atoms. The van der Waals surface area contributed by atoms with Crippen LogP contribution in [-0.2, 0) is 4.79 Å². The third kappa shape index (κ3) is 5.12. The normalized spacial score (nSPS) is 18.3. The summed E-state index contributed by atoms with van der Waals surface area (Å²) in [7, 11) is 5.69. The number of furan rings is 1. The number of aromatic nitrogens is 1. The summed E-state index contributed by atoms with van der Waals surface area (Å²) in [4.78, 5) is 32.5. The average molecular weight is 471 g/mol. The van der Waals surface area contributed by atoms with Crippen molar-refractivity contribution in [2.24, 2.45) is 5.92 Å². The number of anilines is 2. The summed E-state index contributed by atoms with van der Waals surface area (Å²) < 4.78 is 11.1. The minimum atomic E-state index is -0.522. The molecule has 2 heterocycles. The Hall–Kier alpha value is -3.10. The summed E-state index contributed by atoms with van der Waals surface area (Å²) in [6, 6.07) is 8.92. The molecule has 4 rings (SSSR count). The summed E-state index contributed by atoms with van der Waals surface area (Å²) in [5, 5.41) is 6.75. The van der Waals surface area contributed by atoms with Crippen LogP contribution in [0.5, 0.6) is 5.75 Å². The van der Waals surface area contributed by atoms with E-state index in [4.69, 9.17) is 20.8 Å². The Labute approximate surface area is 197 Å². The number of hydrogen-bond acceptors (Lipinski definition) is 6. The second kappa shape index (κ2) is 9.80. The second-order valence-electron chi connectivity index (χ2n) is 8.44. The first-order valence-electron chi connectivity index (χ1n) is 10.9. The average Bonchev–Trinajstić information content (AvgIpc) is 3.18. The molecule has 1 fully saturated rings. The summed E-state index contributed by atoms with van der Waals surface area (Å²) in [6.45, 7) is 0. The van der Waals surface area contributed by atoms with Crippen LogP contribution in [0, 0.1) is 5.92 Å². The fourth-order valence-electron chi connectivity index (χ4n) is 4.19. The number of rotatable bonds is 6. The van der Waals surface area contributed by atoms with Crippen molar-refractivity contribution in [3.63, 3.8) is 0 Å². The highest BCUT2D eigenvalue weighted by Crippen LogP contribution is 2.35. The Balaban J connectivity index is 1.60. The fourth-order valence-corrected chi connectivity index (χ4v) is 4.30. The van der Waals surface area contributed by atoms with Crippen molar-refractivity contribution >= 4 is 45.9 Å². The number of fused-ring (bicyclic) bond motifs is 1. The molecular formula is C24H27ClN4O4. The topological polar surface area (TPSA) is 96.7 Å². The second-order valence-corrected chi connectivity index (χ2v) is 8.88. The van der Waals surface area contributed by atoms with E-state index in [1.807, 2.05) is 0 Å². The smallest absolute Gasteiger partial charge is 0.294 e. The van der Waals surface area contributed by atoms with E-state index in [0.29, 0.717) is 39.3 Å². The molecule has 1 aliphatic carbocycles. The maximum atomic E-state index is 13.1. The lowest BCUT2D eigenvalue weighted by Crippen LogP contribution is -2.35. The zero-order valence-corrected chi connectivity index (χ0v) is 19.6. The molecule has 174 valence electrons. The van der Waals surface area contributed by atoms with Crippen LogP contribution < -0.4 is 15.4 Å². The van der Waals surface area contributed by atoms with Gasteiger partial charge in [0.2, 0.25) is 11.7 Å². The van der Waals surface area contributed by atoms with Gasteiger partial charge in [0.25, 0.3) is 5.91 Å².